The van der Waals surface area contributed by atoms with E-state index < -0.39 is 0 Å². The molecule has 4 aliphatic carbocycles. The summed E-state index contributed by atoms with van der Waals surface area (Å²) in [5, 5.41) is 4.68. The van der Waals surface area contributed by atoms with E-state index in [0.717, 1.165) is 88.5 Å². The van der Waals surface area contributed by atoms with E-state index in [4.69, 9.17) is 9.57 Å². The second-order valence-electron chi connectivity index (χ2n) is 16.3. The van der Waals surface area contributed by atoms with Gasteiger partial charge in [0.2, 0.25) is 0 Å². The molecule has 46 heavy (non-hydrogen) atoms. The number of ketones is 2. The molecule has 0 spiro atoms. The first-order valence-electron chi connectivity index (χ1n) is 18.5. The number of aryl methyl sites for hydroxylation is 1. The van der Waals surface area contributed by atoms with Crippen molar-refractivity contribution in [3.63, 3.8) is 0 Å². The van der Waals surface area contributed by atoms with Gasteiger partial charge in [0, 0.05) is 54.6 Å². The van der Waals surface area contributed by atoms with Crippen LogP contribution in [-0.4, -0.2) is 37.0 Å². The number of Topliss-reactive ketones (excluding diaryl/α,β-unsaturated/α-hetero) is 2. The molecule has 0 bridgehead atoms. The number of oxime groups is 1. The fourth-order valence-electron chi connectivity index (χ4n) is 11.5. The Morgan fingerprint density at radius 2 is 1.91 bits per heavy atom. The predicted molar refractivity (Wildman–Crippen MR) is 182 cm³/mol. The van der Waals surface area contributed by atoms with Crippen molar-refractivity contribution < 1.29 is 19.2 Å². The summed E-state index contributed by atoms with van der Waals surface area (Å²) in [7, 11) is 0. The second-order valence-corrected chi connectivity index (χ2v) is 16.3. The maximum absolute atomic E-state index is 13.0. The van der Waals surface area contributed by atoms with E-state index in [0.29, 0.717) is 35.2 Å². The van der Waals surface area contributed by atoms with Crippen LogP contribution in [0.25, 0.3) is 5.57 Å². The molecule has 1 aromatic carbocycles. The van der Waals surface area contributed by atoms with Crippen LogP contribution in [0.1, 0.15) is 120 Å². The highest BCUT2D eigenvalue weighted by atomic mass is 16.6. The molecule has 6 heteroatoms. The number of fused-ring (bicyclic) bond motifs is 7. The lowest BCUT2D eigenvalue weighted by molar-refractivity contribution is -0.136. The second kappa shape index (κ2) is 11.7. The van der Waals surface area contributed by atoms with Crippen molar-refractivity contribution in [2.45, 2.75) is 117 Å². The minimum atomic E-state index is 0.0586. The van der Waals surface area contributed by atoms with Crippen molar-refractivity contribution in [2.24, 2.45) is 39.7 Å². The number of carbonyl (C=O) groups excluding carboxylic acids is 2. The summed E-state index contributed by atoms with van der Waals surface area (Å²) in [5.41, 5.74) is 8.27. The van der Waals surface area contributed by atoms with Gasteiger partial charge in [0.05, 0.1) is 5.71 Å². The molecule has 0 unspecified atom stereocenters. The van der Waals surface area contributed by atoms with Gasteiger partial charge in [0.25, 0.3) is 0 Å². The minimum Gasteiger partial charge on any atom is -0.457 e. The SMILES string of the molecule is C=C1C=C(CCCC(=O)CO/N=C2/CC[C@H]3[C@@H]4CC[C@H]5CC(=O)CC[C@]5(C)[C@H]4CC[C@]23C)c2cc3c4c(c2O1)CCCN4CCC3. The average molecular weight is 625 g/mol. The molecule has 3 heterocycles. The summed E-state index contributed by atoms with van der Waals surface area (Å²) in [4.78, 5) is 33.6. The molecule has 1 aromatic rings. The van der Waals surface area contributed by atoms with E-state index in [2.05, 4.69) is 42.6 Å². The molecule has 0 aromatic heterocycles. The number of hydrogen-bond acceptors (Lipinski definition) is 6. The Morgan fingerprint density at radius 1 is 1.07 bits per heavy atom. The van der Waals surface area contributed by atoms with Crippen LogP contribution < -0.4 is 9.64 Å². The van der Waals surface area contributed by atoms with E-state index in [1.807, 2.05) is 0 Å². The van der Waals surface area contributed by atoms with Crippen molar-refractivity contribution in [2.75, 3.05) is 24.6 Å². The first-order valence-corrected chi connectivity index (χ1v) is 18.5. The van der Waals surface area contributed by atoms with Crippen molar-refractivity contribution in [1.82, 2.24) is 0 Å². The molecule has 6 nitrogen and oxygen atoms in total. The molecule has 6 atom stereocenters. The first kappa shape index (κ1) is 30.4. The third-order valence-corrected chi connectivity index (χ3v) is 13.9. The zero-order valence-corrected chi connectivity index (χ0v) is 28.1. The van der Waals surface area contributed by atoms with Gasteiger partial charge in [-0.05, 0) is 136 Å². The Bertz CT molecular complexity index is 1520. The quantitative estimate of drug-likeness (QED) is 0.285. The third-order valence-electron chi connectivity index (χ3n) is 13.9. The zero-order valence-electron chi connectivity index (χ0n) is 28.1. The third kappa shape index (κ3) is 4.99. The maximum Gasteiger partial charge on any atom is 0.175 e. The van der Waals surface area contributed by atoms with Gasteiger partial charge in [-0.3, -0.25) is 9.59 Å². The normalized spacial score (nSPS) is 35.3. The highest BCUT2D eigenvalue weighted by Crippen LogP contribution is 2.65. The van der Waals surface area contributed by atoms with Crippen LogP contribution in [0.3, 0.4) is 0 Å². The van der Waals surface area contributed by atoms with Crippen LogP contribution in [0.5, 0.6) is 5.75 Å². The van der Waals surface area contributed by atoms with Crippen LogP contribution in [0.4, 0.5) is 5.69 Å². The number of anilines is 1. The van der Waals surface area contributed by atoms with Gasteiger partial charge in [-0.15, -0.1) is 0 Å². The first-order chi connectivity index (χ1) is 22.2. The van der Waals surface area contributed by atoms with Crippen molar-refractivity contribution in [3.8, 4) is 5.75 Å². The van der Waals surface area contributed by atoms with E-state index in [-0.39, 0.29) is 17.8 Å². The fourth-order valence-corrected chi connectivity index (χ4v) is 11.5. The summed E-state index contributed by atoms with van der Waals surface area (Å²) in [6.45, 7) is 11.4. The topological polar surface area (TPSA) is 68.2 Å². The molecule has 0 N–H and O–H groups in total. The average Bonchev–Trinajstić information content (AvgIpc) is 3.38. The molecule has 7 aliphatic rings. The Morgan fingerprint density at radius 3 is 2.78 bits per heavy atom. The lowest BCUT2D eigenvalue weighted by Crippen LogP contribution is -2.53. The van der Waals surface area contributed by atoms with Crippen LogP contribution in [-0.2, 0) is 27.3 Å². The summed E-state index contributed by atoms with van der Waals surface area (Å²) < 4.78 is 6.26. The Labute approximate surface area is 275 Å². The molecule has 4 fully saturated rings. The summed E-state index contributed by atoms with van der Waals surface area (Å²) in [6, 6.07) is 2.36. The van der Waals surface area contributed by atoms with Crippen molar-refractivity contribution in [3.05, 3.63) is 41.2 Å². The van der Waals surface area contributed by atoms with Crippen LogP contribution in [0, 0.1) is 34.5 Å². The number of rotatable bonds is 7. The Hall–Kier alpha value is -2.89. The van der Waals surface area contributed by atoms with Gasteiger partial charge in [0.1, 0.15) is 17.3 Å². The number of ether oxygens (including phenoxy) is 1. The van der Waals surface area contributed by atoms with E-state index in [9.17, 15) is 9.59 Å². The summed E-state index contributed by atoms with van der Waals surface area (Å²) >= 11 is 0. The highest BCUT2D eigenvalue weighted by Gasteiger charge is 2.59. The smallest absolute Gasteiger partial charge is 0.175 e. The van der Waals surface area contributed by atoms with Gasteiger partial charge >= 0.3 is 0 Å². The largest absolute Gasteiger partial charge is 0.457 e. The number of allylic oxidation sites excluding steroid dienone is 2. The molecular formula is C40H52N2O4. The monoisotopic (exact) mass is 624 g/mol. The zero-order chi connectivity index (χ0) is 31.6. The van der Waals surface area contributed by atoms with E-state index in [1.54, 1.807) is 0 Å². The molecule has 246 valence electrons. The van der Waals surface area contributed by atoms with Gasteiger partial charge < -0.3 is 14.5 Å². The van der Waals surface area contributed by atoms with Gasteiger partial charge in [0.15, 0.2) is 12.4 Å². The Kier molecular flexibility index (Phi) is 7.72. The number of hydrogen-bond donors (Lipinski definition) is 0. The summed E-state index contributed by atoms with van der Waals surface area (Å²) in [5.74, 6) is 5.01. The van der Waals surface area contributed by atoms with Crippen molar-refractivity contribution >= 4 is 28.5 Å². The van der Waals surface area contributed by atoms with Crippen LogP contribution in [0.2, 0.25) is 0 Å². The minimum absolute atomic E-state index is 0.0586. The molecular weight excluding hydrogens is 572 g/mol. The lowest BCUT2D eigenvalue weighted by Gasteiger charge is -2.59. The molecule has 4 saturated carbocycles. The molecule has 0 amide bonds. The molecule has 0 saturated heterocycles. The number of nitrogens with zero attached hydrogens (tertiary/aromatic N) is 2. The molecule has 0 radical (unpaired) electrons. The highest BCUT2D eigenvalue weighted by molar-refractivity contribution is 5.92. The molecule has 3 aliphatic heterocycles. The van der Waals surface area contributed by atoms with Crippen LogP contribution >= 0.6 is 0 Å². The number of benzene rings is 1. The standard InChI is InChI=1S/C40H52N2O4/c1-25-21-26(33-22-27-8-5-19-42-20-6-10-32(37(27)42)38(33)46-25)7-4-9-30(44)24-45-41-36-14-13-34-31-12-11-28-23-29(43)15-17-39(28,2)35(31)16-18-40(34,36)3/h21-22,28,31,34-35H,1,4-20,23-24H2,2-3H3/b41-36-/t28-,31-,34-,35-,39-,40-/m0/s1. The number of carbonyl (C=O) groups is 2. The van der Waals surface area contributed by atoms with Gasteiger partial charge in [-0.2, -0.15) is 0 Å². The van der Waals surface area contributed by atoms with E-state index in [1.165, 1.54) is 72.2 Å². The van der Waals surface area contributed by atoms with Gasteiger partial charge in [-0.25, -0.2) is 0 Å². The molecule has 8 rings (SSSR count). The van der Waals surface area contributed by atoms with Gasteiger partial charge in [-0.1, -0.05) is 25.6 Å². The Balaban J connectivity index is 0.871. The summed E-state index contributed by atoms with van der Waals surface area (Å²) in [6.07, 6.45) is 18.4. The fraction of sp³-hybridized carbons (Fsp3) is 0.675. The van der Waals surface area contributed by atoms with E-state index >= 15 is 0 Å². The van der Waals surface area contributed by atoms with Crippen molar-refractivity contribution in [1.29, 1.82) is 0 Å². The lowest BCUT2D eigenvalue weighted by atomic mass is 9.45. The predicted octanol–water partition coefficient (Wildman–Crippen LogP) is 8.40. The maximum atomic E-state index is 13.0. The van der Waals surface area contributed by atoms with Crippen LogP contribution in [0.15, 0.2) is 29.6 Å².